The molecule has 0 spiro atoms. The van der Waals surface area contributed by atoms with Crippen LogP contribution in [-0.4, -0.2) is 83.4 Å². The maximum atomic E-state index is 13.0. The number of likely N-dealkylation sites (N-methyl/N-ethyl adjacent to an activating group) is 1. The molecule has 1 aliphatic rings. The predicted molar refractivity (Wildman–Crippen MR) is 145 cm³/mol. The average molecular weight is 546 g/mol. The van der Waals surface area contributed by atoms with Crippen LogP contribution in [0.15, 0.2) is 71.3 Å². The molecule has 1 fully saturated rings. The third-order valence-electron chi connectivity index (χ3n) is 6.99. The molecule has 0 unspecified atom stereocenters. The average Bonchev–Trinajstić information content (AvgIpc) is 3.43. The van der Waals surface area contributed by atoms with Crippen molar-refractivity contribution in [3.05, 3.63) is 93.9 Å². The molecular formula is C28H33Cl2N3O4. The van der Waals surface area contributed by atoms with E-state index in [9.17, 15) is 15.0 Å². The Morgan fingerprint density at radius 2 is 1.73 bits per heavy atom. The van der Waals surface area contributed by atoms with E-state index in [0.29, 0.717) is 41.0 Å². The first kappa shape index (κ1) is 27.6. The summed E-state index contributed by atoms with van der Waals surface area (Å²) in [6.07, 6.45) is 0.854. The van der Waals surface area contributed by atoms with E-state index < -0.39 is 12.3 Å². The minimum Gasteiger partial charge on any atom is -0.467 e. The number of benzene rings is 2. The highest BCUT2D eigenvalue weighted by molar-refractivity contribution is 6.42. The van der Waals surface area contributed by atoms with Crippen molar-refractivity contribution in [1.29, 1.82) is 0 Å². The second-order valence-corrected chi connectivity index (χ2v) is 10.3. The summed E-state index contributed by atoms with van der Waals surface area (Å²) in [4.78, 5) is 19.2. The molecule has 2 N–H and O–H groups in total. The molecule has 7 nitrogen and oxygen atoms in total. The smallest absolute Gasteiger partial charge is 0.253 e. The molecule has 2 heterocycles. The number of hydrogen-bond donors (Lipinski definition) is 2. The second-order valence-electron chi connectivity index (χ2n) is 9.46. The molecule has 1 amide bonds. The van der Waals surface area contributed by atoms with Gasteiger partial charge in [0.1, 0.15) is 11.8 Å². The molecule has 4 rings (SSSR count). The number of furan rings is 1. The first-order valence-electron chi connectivity index (χ1n) is 12.4. The molecule has 3 aromatic rings. The lowest BCUT2D eigenvalue weighted by Crippen LogP contribution is -2.50. The molecule has 1 saturated heterocycles. The van der Waals surface area contributed by atoms with Crippen molar-refractivity contribution in [3.63, 3.8) is 0 Å². The van der Waals surface area contributed by atoms with Crippen LogP contribution >= 0.6 is 23.2 Å². The molecule has 0 bridgehead atoms. The Morgan fingerprint density at radius 3 is 2.35 bits per heavy atom. The van der Waals surface area contributed by atoms with Crippen molar-refractivity contribution in [2.75, 3.05) is 46.3 Å². The molecule has 198 valence electrons. The second kappa shape index (κ2) is 12.9. The Labute approximate surface area is 227 Å². The van der Waals surface area contributed by atoms with Crippen LogP contribution in [0, 0.1) is 0 Å². The van der Waals surface area contributed by atoms with Crippen molar-refractivity contribution in [3.8, 4) is 0 Å². The Kier molecular flexibility index (Phi) is 9.65. The van der Waals surface area contributed by atoms with Gasteiger partial charge in [0, 0.05) is 51.3 Å². The summed E-state index contributed by atoms with van der Waals surface area (Å²) in [5.74, 6) is 0.598. The lowest BCUT2D eigenvalue weighted by atomic mass is 9.94. The normalized spacial score (nSPS) is 16.6. The molecule has 37 heavy (non-hydrogen) atoms. The third kappa shape index (κ3) is 7.13. The number of amides is 1. The molecular weight excluding hydrogens is 513 g/mol. The molecule has 0 aliphatic carbocycles. The summed E-state index contributed by atoms with van der Waals surface area (Å²) in [5.41, 5.74) is 1.70. The minimum atomic E-state index is -1.52. The monoisotopic (exact) mass is 545 g/mol. The van der Waals surface area contributed by atoms with E-state index in [0.717, 1.165) is 31.6 Å². The quantitative estimate of drug-likeness (QED) is 0.365. The number of aliphatic hydroxyl groups is 2. The summed E-state index contributed by atoms with van der Waals surface area (Å²) in [5, 5.41) is 20.9. The van der Waals surface area contributed by atoms with E-state index in [4.69, 9.17) is 27.6 Å². The van der Waals surface area contributed by atoms with Crippen molar-refractivity contribution in [1.82, 2.24) is 14.7 Å². The SMILES string of the molecule is CN(C[C@@H](CCN1CCN([C@@H](c2ccco2)C(O)O)CC1)c1ccc(Cl)c(Cl)c1)C(=O)c1ccccc1. The number of halogens is 2. The maximum absolute atomic E-state index is 13.0. The maximum Gasteiger partial charge on any atom is 0.253 e. The van der Waals surface area contributed by atoms with Gasteiger partial charge in [-0.25, -0.2) is 0 Å². The zero-order valence-corrected chi connectivity index (χ0v) is 22.4. The summed E-state index contributed by atoms with van der Waals surface area (Å²) in [6, 6.07) is 17.9. The summed E-state index contributed by atoms with van der Waals surface area (Å²) in [7, 11) is 1.83. The number of rotatable bonds is 10. The van der Waals surface area contributed by atoms with Crippen molar-refractivity contribution >= 4 is 29.1 Å². The van der Waals surface area contributed by atoms with Crippen LogP contribution in [-0.2, 0) is 0 Å². The van der Waals surface area contributed by atoms with Crippen molar-refractivity contribution in [2.24, 2.45) is 0 Å². The Balaban J connectivity index is 1.40. The van der Waals surface area contributed by atoms with Gasteiger partial charge in [-0.3, -0.25) is 9.69 Å². The van der Waals surface area contributed by atoms with Gasteiger partial charge in [0.15, 0.2) is 6.29 Å². The van der Waals surface area contributed by atoms with Crippen LogP contribution in [0.25, 0.3) is 0 Å². The van der Waals surface area contributed by atoms with Crippen LogP contribution in [0.3, 0.4) is 0 Å². The number of carbonyl (C=O) groups excluding carboxylic acids is 1. The molecule has 1 aromatic heterocycles. The van der Waals surface area contributed by atoms with E-state index >= 15 is 0 Å². The zero-order chi connectivity index (χ0) is 26.4. The van der Waals surface area contributed by atoms with Gasteiger partial charge >= 0.3 is 0 Å². The van der Waals surface area contributed by atoms with E-state index in [1.54, 1.807) is 29.4 Å². The van der Waals surface area contributed by atoms with Crippen molar-refractivity contribution in [2.45, 2.75) is 24.7 Å². The predicted octanol–water partition coefficient (Wildman–Crippen LogP) is 4.50. The topological polar surface area (TPSA) is 80.4 Å². The summed E-state index contributed by atoms with van der Waals surface area (Å²) in [6.45, 7) is 4.33. The molecule has 1 aliphatic heterocycles. The van der Waals surface area contributed by atoms with Gasteiger partial charge in [-0.2, -0.15) is 0 Å². The van der Waals surface area contributed by atoms with Gasteiger partial charge < -0.3 is 24.4 Å². The van der Waals surface area contributed by atoms with Crippen LogP contribution in [0.5, 0.6) is 0 Å². The van der Waals surface area contributed by atoms with Gasteiger partial charge in [-0.15, -0.1) is 0 Å². The largest absolute Gasteiger partial charge is 0.467 e. The lowest BCUT2D eigenvalue weighted by molar-refractivity contribution is -0.115. The molecule has 9 heteroatoms. The highest BCUT2D eigenvalue weighted by Gasteiger charge is 2.31. The molecule has 2 aromatic carbocycles. The van der Waals surface area contributed by atoms with Gasteiger partial charge in [-0.1, -0.05) is 47.5 Å². The number of piperazine rings is 1. The van der Waals surface area contributed by atoms with E-state index in [1.807, 2.05) is 54.4 Å². The number of carbonyl (C=O) groups is 1. The highest BCUT2D eigenvalue weighted by atomic mass is 35.5. The number of nitrogens with zero attached hydrogens (tertiary/aromatic N) is 3. The van der Waals surface area contributed by atoms with E-state index in [1.165, 1.54) is 0 Å². The summed E-state index contributed by atoms with van der Waals surface area (Å²) >= 11 is 12.5. The van der Waals surface area contributed by atoms with Gasteiger partial charge in [0.2, 0.25) is 0 Å². The van der Waals surface area contributed by atoms with Crippen LogP contribution in [0.4, 0.5) is 0 Å². The first-order chi connectivity index (χ1) is 17.8. The fraction of sp³-hybridized carbons (Fsp3) is 0.393. The number of hydrogen-bond acceptors (Lipinski definition) is 6. The first-order valence-corrected chi connectivity index (χ1v) is 13.2. The Hall–Kier alpha value is -2.39. The Morgan fingerprint density at radius 1 is 1.00 bits per heavy atom. The highest BCUT2D eigenvalue weighted by Crippen LogP contribution is 2.30. The zero-order valence-electron chi connectivity index (χ0n) is 20.8. The van der Waals surface area contributed by atoms with Gasteiger partial charge in [-0.05, 0) is 54.9 Å². The van der Waals surface area contributed by atoms with Crippen LogP contribution < -0.4 is 0 Å². The van der Waals surface area contributed by atoms with Gasteiger partial charge in [0.25, 0.3) is 5.91 Å². The summed E-state index contributed by atoms with van der Waals surface area (Å²) < 4.78 is 5.44. The van der Waals surface area contributed by atoms with Gasteiger partial charge in [0.05, 0.1) is 16.3 Å². The number of aliphatic hydroxyl groups excluding tert-OH is 1. The van der Waals surface area contributed by atoms with Crippen molar-refractivity contribution < 1.29 is 19.4 Å². The fourth-order valence-corrected chi connectivity index (χ4v) is 5.23. The lowest BCUT2D eigenvalue weighted by Gasteiger charge is -2.39. The van der Waals surface area contributed by atoms with E-state index in [-0.39, 0.29) is 11.8 Å². The standard InChI is InChI=1S/C28H33Cl2N3O4/c1-31(27(34)20-6-3-2-4-7-20)19-22(21-9-10-23(29)24(30)18-21)11-12-32-13-15-33(16-14-32)26(28(35)36)25-8-5-17-37-25/h2-10,17-18,22,26,28,35-36H,11-16,19H2,1H3/t22-,26+/m1/s1. The fourth-order valence-electron chi connectivity index (χ4n) is 4.92. The minimum absolute atomic E-state index is 0.0224. The molecule has 0 radical (unpaired) electrons. The molecule has 2 atom stereocenters. The van der Waals surface area contributed by atoms with Crippen LogP contribution in [0.1, 0.15) is 40.1 Å². The van der Waals surface area contributed by atoms with E-state index in [2.05, 4.69) is 4.90 Å². The van der Waals surface area contributed by atoms with Crippen LogP contribution in [0.2, 0.25) is 10.0 Å². The molecule has 0 saturated carbocycles. The third-order valence-corrected chi connectivity index (χ3v) is 7.73. The Bertz CT molecular complexity index is 1140.